The van der Waals surface area contributed by atoms with Gasteiger partial charge in [0.1, 0.15) is 6.04 Å². The second-order valence-electron chi connectivity index (χ2n) is 5.13. The molecule has 3 N–H and O–H groups in total. The molecule has 1 saturated heterocycles. The van der Waals surface area contributed by atoms with Crippen molar-refractivity contribution in [2.45, 2.75) is 19.0 Å². The Balaban J connectivity index is 1.65. The summed E-state index contributed by atoms with van der Waals surface area (Å²) >= 11 is 0. The highest BCUT2D eigenvalue weighted by Gasteiger charge is 2.37. The van der Waals surface area contributed by atoms with Crippen molar-refractivity contribution >= 4 is 12.1 Å². The second kappa shape index (κ2) is 5.46. The molecule has 5 heteroatoms. The van der Waals surface area contributed by atoms with E-state index in [-0.39, 0.29) is 23.9 Å². The zero-order valence-electron chi connectivity index (χ0n) is 11.3. The molecule has 0 radical (unpaired) electrons. The maximum Gasteiger partial charge on any atom is 0.240 e. The molecule has 0 saturated carbocycles. The molecule has 1 fully saturated rings. The molecule has 0 spiro atoms. The summed E-state index contributed by atoms with van der Waals surface area (Å²) in [6.45, 7) is 2.63. The molecule has 1 aromatic carbocycles. The number of amides is 1. The predicted octanol–water partition coefficient (Wildman–Crippen LogP) is 0.925. The van der Waals surface area contributed by atoms with E-state index in [1.54, 1.807) is 6.21 Å². The molecule has 20 heavy (non-hydrogen) atoms. The summed E-state index contributed by atoms with van der Waals surface area (Å²) in [6, 6.07) is 9.67. The molecule has 3 rings (SSSR count). The Morgan fingerprint density at radius 3 is 3.00 bits per heavy atom. The van der Waals surface area contributed by atoms with Crippen LogP contribution in [0.1, 0.15) is 18.5 Å². The number of hydrazine groups is 1. The summed E-state index contributed by atoms with van der Waals surface area (Å²) in [5.41, 5.74) is 8.24. The molecule has 0 aliphatic carbocycles. The second-order valence-corrected chi connectivity index (χ2v) is 5.13. The monoisotopic (exact) mass is 270 g/mol. The van der Waals surface area contributed by atoms with Gasteiger partial charge in [0.25, 0.3) is 0 Å². The van der Waals surface area contributed by atoms with E-state index in [1.807, 2.05) is 43.3 Å². The third kappa shape index (κ3) is 2.44. The minimum Gasteiger partial charge on any atom is -0.348 e. The number of hydrogen-bond acceptors (Lipinski definition) is 4. The Kier molecular flexibility index (Phi) is 3.52. The smallest absolute Gasteiger partial charge is 0.240 e. The minimum absolute atomic E-state index is 0.000599. The molecular formula is C15H18N4O. The van der Waals surface area contributed by atoms with Crippen LogP contribution in [-0.4, -0.2) is 24.7 Å². The first kappa shape index (κ1) is 12.9. The summed E-state index contributed by atoms with van der Waals surface area (Å²) < 4.78 is 0. The number of carbonyl (C=O) groups is 1. The topological polar surface area (TPSA) is 65.5 Å². The van der Waals surface area contributed by atoms with Crippen LogP contribution < -0.4 is 16.2 Å². The van der Waals surface area contributed by atoms with E-state index >= 15 is 0 Å². The first-order valence-electron chi connectivity index (χ1n) is 6.82. The molecule has 5 nitrogen and oxygen atoms in total. The van der Waals surface area contributed by atoms with Gasteiger partial charge in [-0.25, -0.2) is 5.43 Å². The standard InChI is InChI=1S/C15H18N4O/c1-10(11-5-3-2-4-6-11)17-15(20)14-12-9-16-8-7-13(12)18-19-14/h2-8,10,12,14,18-19H,9H2,1H3,(H,17,20)/t10-,12?,14?/m1/s1. The lowest BCUT2D eigenvalue weighted by Gasteiger charge is -2.21. The van der Waals surface area contributed by atoms with E-state index in [4.69, 9.17) is 0 Å². The Hall–Kier alpha value is -2.14. The molecule has 1 amide bonds. The minimum atomic E-state index is -0.273. The van der Waals surface area contributed by atoms with E-state index in [9.17, 15) is 4.79 Å². The third-order valence-electron chi connectivity index (χ3n) is 3.78. The normalized spacial score (nSPS) is 25.4. The fourth-order valence-electron chi connectivity index (χ4n) is 2.59. The van der Waals surface area contributed by atoms with E-state index in [2.05, 4.69) is 21.2 Å². The van der Waals surface area contributed by atoms with Crippen molar-refractivity contribution in [1.29, 1.82) is 0 Å². The quantitative estimate of drug-likeness (QED) is 0.765. The van der Waals surface area contributed by atoms with E-state index in [0.29, 0.717) is 6.54 Å². The number of fused-ring (bicyclic) bond motifs is 1. The highest BCUT2D eigenvalue weighted by Crippen LogP contribution is 2.22. The number of dihydropyridines is 1. The van der Waals surface area contributed by atoms with Gasteiger partial charge in [-0.2, -0.15) is 0 Å². The summed E-state index contributed by atoms with van der Waals surface area (Å²) in [5, 5.41) is 3.05. The van der Waals surface area contributed by atoms with Gasteiger partial charge < -0.3 is 10.7 Å². The molecular weight excluding hydrogens is 252 g/mol. The number of nitrogens with one attached hydrogen (secondary N) is 3. The molecule has 2 unspecified atom stereocenters. The van der Waals surface area contributed by atoms with Crippen molar-refractivity contribution in [3.63, 3.8) is 0 Å². The summed E-state index contributed by atoms with van der Waals surface area (Å²) in [5.74, 6) is 0.0994. The number of benzene rings is 1. The van der Waals surface area contributed by atoms with Gasteiger partial charge in [-0.1, -0.05) is 30.3 Å². The average molecular weight is 270 g/mol. The lowest BCUT2D eigenvalue weighted by atomic mass is 9.96. The van der Waals surface area contributed by atoms with Crippen LogP contribution in [0.25, 0.3) is 0 Å². The van der Waals surface area contributed by atoms with E-state index in [1.165, 1.54) is 0 Å². The molecule has 104 valence electrons. The van der Waals surface area contributed by atoms with Crippen molar-refractivity contribution in [3.05, 3.63) is 47.7 Å². The maximum atomic E-state index is 12.4. The van der Waals surface area contributed by atoms with Crippen molar-refractivity contribution in [2.24, 2.45) is 10.9 Å². The lowest BCUT2D eigenvalue weighted by molar-refractivity contribution is -0.124. The Bertz CT molecular complexity index is 552. The van der Waals surface area contributed by atoms with Crippen molar-refractivity contribution in [1.82, 2.24) is 16.2 Å². The van der Waals surface area contributed by atoms with Crippen LogP contribution in [0.15, 0.2) is 47.1 Å². The number of rotatable bonds is 3. The fourth-order valence-corrected chi connectivity index (χ4v) is 2.59. The van der Waals surface area contributed by atoms with Gasteiger partial charge in [0, 0.05) is 24.4 Å². The van der Waals surface area contributed by atoms with Crippen LogP contribution in [0.5, 0.6) is 0 Å². The van der Waals surface area contributed by atoms with Crippen LogP contribution in [-0.2, 0) is 4.79 Å². The molecule has 0 bridgehead atoms. The Morgan fingerprint density at radius 2 is 2.20 bits per heavy atom. The SMILES string of the molecule is C[C@@H](NC(=O)C1NNC2=CC=NCC21)c1ccccc1. The van der Waals surface area contributed by atoms with Gasteiger partial charge in [0.2, 0.25) is 5.91 Å². The van der Waals surface area contributed by atoms with Gasteiger partial charge in [-0.05, 0) is 18.6 Å². The van der Waals surface area contributed by atoms with E-state index in [0.717, 1.165) is 11.3 Å². The Labute approximate surface area is 118 Å². The van der Waals surface area contributed by atoms with Crippen LogP contribution in [0.2, 0.25) is 0 Å². The summed E-state index contributed by atoms with van der Waals surface area (Å²) in [7, 11) is 0. The third-order valence-corrected chi connectivity index (χ3v) is 3.78. The van der Waals surface area contributed by atoms with Crippen molar-refractivity contribution in [2.75, 3.05) is 6.54 Å². The van der Waals surface area contributed by atoms with Gasteiger partial charge >= 0.3 is 0 Å². The summed E-state index contributed by atoms with van der Waals surface area (Å²) in [6.07, 6.45) is 3.68. The summed E-state index contributed by atoms with van der Waals surface area (Å²) in [4.78, 5) is 16.6. The van der Waals surface area contributed by atoms with Gasteiger partial charge in [0.15, 0.2) is 0 Å². The molecule has 2 heterocycles. The molecule has 3 atom stereocenters. The van der Waals surface area contributed by atoms with Gasteiger partial charge in [-0.3, -0.25) is 9.79 Å². The number of nitrogens with zero attached hydrogens (tertiary/aromatic N) is 1. The number of hydrogen-bond donors (Lipinski definition) is 3. The zero-order valence-corrected chi connectivity index (χ0v) is 11.3. The van der Waals surface area contributed by atoms with Crippen LogP contribution >= 0.6 is 0 Å². The number of carbonyl (C=O) groups excluding carboxylic acids is 1. The van der Waals surface area contributed by atoms with Crippen LogP contribution in [0.3, 0.4) is 0 Å². The molecule has 1 aromatic rings. The van der Waals surface area contributed by atoms with Gasteiger partial charge in [0.05, 0.1) is 6.04 Å². The molecule has 0 aromatic heterocycles. The number of allylic oxidation sites excluding steroid dienone is 1. The van der Waals surface area contributed by atoms with Crippen LogP contribution in [0, 0.1) is 5.92 Å². The highest BCUT2D eigenvalue weighted by molar-refractivity contribution is 5.84. The largest absolute Gasteiger partial charge is 0.348 e. The van der Waals surface area contributed by atoms with Crippen molar-refractivity contribution < 1.29 is 4.79 Å². The first-order valence-corrected chi connectivity index (χ1v) is 6.82. The van der Waals surface area contributed by atoms with E-state index < -0.39 is 0 Å². The lowest BCUT2D eigenvalue weighted by Crippen LogP contribution is -2.46. The highest BCUT2D eigenvalue weighted by atomic mass is 16.2. The average Bonchev–Trinajstić information content (AvgIpc) is 2.92. The van der Waals surface area contributed by atoms with Crippen LogP contribution in [0.4, 0.5) is 0 Å². The first-order chi connectivity index (χ1) is 9.75. The van der Waals surface area contributed by atoms with Crippen molar-refractivity contribution in [3.8, 4) is 0 Å². The number of aliphatic imine (C=N–C) groups is 1. The fraction of sp³-hybridized carbons (Fsp3) is 0.333. The molecule has 2 aliphatic rings. The predicted molar refractivity (Wildman–Crippen MR) is 78.0 cm³/mol. The Morgan fingerprint density at radius 1 is 1.40 bits per heavy atom. The maximum absolute atomic E-state index is 12.4. The molecule has 2 aliphatic heterocycles. The van der Waals surface area contributed by atoms with Gasteiger partial charge in [-0.15, -0.1) is 0 Å². The zero-order chi connectivity index (χ0) is 13.9.